The highest BCUT2D eigenvalue weighted by Crippen LogP contribution is 2.90. The van der Waals surface area contributed by atoms with Crippen molar-refractivity contribution in [2.24, 2.45) is 50.7 Å². The molecule has 0 bridgehead atoms. The third-order valence-corrected chi connectivity index (χ3v) is 16.3. The van der Waals surface area contributed by atoms with Gasteiger partial charge in [-0.1, -0.05) is 34.6 Å². The van der Waals surface area contributed by atoms with Crippen LogP contribution < -0.4 is 0 Å². The Morgan fingerprint density at radius 2 is 1.86 bits per heavy atom. The average molecular weight is 682 g/mol. The van der Waals surface area contributed by atoms with Gasteiger partial charge >= 0.3 is 5.97 Å². The van der Waals surface area contributed by atoms with Crippen LogP contribution in [0.1, 0.15) is 112 Å². The van der Waals surface area contributed by atoms with Crippen molar-refractivity contribution in [3.8, 4) is 0 Å². The second-order valence-corrected chi connectivity index (χ2v) is 18.9. The molecular weight excluding hydrogens is 620 g/mol. The van der Waals surface area contributed by atoms with Gasteiger partial charge in [-0.15, -0.1) is 0 Å². The SMILES string of the molecule is C[C@@H]1C[C](CN(C)[C@@H](C)C(=O)O)O[C]2[C@H]1[C@@]1(C)CC[C@@]34C[C@@]35CCC(O[C@H]3CN(C(=O)CC6CC6)CCO3)C(C)(C)[C@@H]5CC[C]4[C@]1(C)[C@H]2O. The summed E-state index contributed by atoms with van der Waals surface area (Å²) >= 11 is 0. The Balaban J connectivity index is 0.985. The average Bonchev–Trinajstić information content (AvgIpc) is 3.97. The number of carbonyl (C=O) groups is 2. The van der Waals surface area contributed by atoms with Gasteiger partial charge < -0.3 is 29.3 Å². The summed E-state index contributed by atoms with van der Waals surface area (Å²) in [6, 6.07) is -0.604. The minimum absolute atomic E-state index is 0.0176. The molecule has 2 aliphatic heterocycles. The standard InChI is InChI=1S/C40H61N2O7/c1-23-18-26(20-41(7)24(2)35(45)46)48-33-32(23)37(5)14-15-40-22-39(40)13-12-29(36(3,4)27(39)10-11-28(40)38(37,6)34(33)44)49-31-21-42(16-17-47-31)30(43)19-25-8-9-25/h23-25,27,29,31-32,34,44H,8-22H2,1-7H3,(H,45,46)/t23-,24+,27+,29?,31+,32+,34+,37-,38-,39-,40+/m1/s1. The number of aliphatic carboxylic acids is 1. The van der Waals surface area contributed by atoms with Crippen LogP contribution in [0.5, 0.6) is 0 Å². The van der Waals surface area contributed by atoms with E-state index in [1.165, 1.54) is 25.7 Å². The predicted octanol–water partition coefficient (Wildman–Crippen LogP) is 5.86. The number of ether oxygens (including phenoxy) is 3. The van der Waals surface area contributed by atoms with Crippen LogP contribution in [0.4, 0.5) is 0 Å². The molecule has 6 saturated carbocycles. The van der Waals surface area contributed by atoms with E-state index in [-0.39, 0.29) is 51.3 Å². The molecule has 2 spiro atoms. The van der Waals surface area contributed by atoms with Crippen molar-refractivity contribution in [1.29, 1.82) is 0 Å². The van der Waals surface area contributed by atoms with Gasteiger partial charge in [-0.25, -0.2) is 0 Å². The van der Waals surface area contributed by atoms with Crippen molar-refractivity contribution in [2.75, 3.05) is 33.3 Å². The first-order chi connectivity index (χ1) is 23.1. The molecule has 49 heavy (non-hydrogen) atoms. The van der Waals surface area contributed by atoms with Crippen LogP contribution in [0.3, 0.4) is 0 Å². The van der Waals surface area contributed by atoms with Crippen LogP contribution >= 0.6 is 0 Å². The lowest BCUT2D eigenvalue weighted by Crippen LogP contribution is -2.59. The van der Waals surface area contributed by atoms with E-state index in [4.69, 9.17) is 14.2 Å². The zero-order chi connectivity index (χ0) is 34.9. The van der Waals surface area contributed by atoms with E-state index in [0.717, 1.165) is 50.7 Å². The summed E-state index contributed by atoms with van der Waals surface area (Å²) in [6.45, 7) is 15.9. The van der Waals surface area contributed by atoms with Crippen LogP contribution in [-0.4, -0.2) is 89.7 Å². The zero-order valence-corrected chi connectivity index (χ0v) is 31.1. The largest absolute Gasteiger partial charge is 0.480 e. The summed E-state index contributed by atoms with van der Waals surface area (Å²) in [7, 11) is 1.84. The van der Waals surface area contributed by atoms with Crippen molar-refractivity contribution in [2.45, 2.75) is 137 Å². The van der Waals surface area contributed by atoms with Crippen LogP contribution in [0.25, 0.3) is 0 Å². The van der Waals surface area contributed by atoms with Crippen molar-refractivity contribution >= 4 is 11.9 Å². The lowest BCUT2D eigenvalue weighted by Gasteiger charge is -2.63. The molecule has 273 valence electrons. The number of hydrogen-bond acceptors (Lipinski definition) is 7. The topological polar surface area (TPSA) is 109 Å². The summed E-state index contributed by atoms with van der Waals surface area (Å²) in [5.74, 6) is 2.67. The van der Waals surface area contributed by atoms with Crippen LogP contribution in [-0.2, 0) is 23.8 Å². The number of aliphatic hydroxyl groups is 1. The highest BCUT2D eigenvalue weighted by Gasteiger charge is 2.85. The Hall–Kier alpha value is -1.26. The van der Waals surface area contributed by atoms with Crippen LogP contribution in [0, 0.1) is 68.9 Å². The lowest BCUT2D eigenvalue weighted by atomic mass is 9.41. The number of carbonyl (C=O) groups excluding carboxylic acids is 1. The van der Waals surface area contributed by atoms with Gasteiger partial charge in [0, 0.05) is 30.8 Å². The number of nitrogens with zero attached hydrogens (tertiary/aromatic N) is 2. The number of amides is 1. The molecule has 2 heterocycles. The summed E-state index contributed by atoms with van der Waals surface area (Å²) in [6.07, 6.45) is 12.5. The normalized spacial score (nSPS) is 47.1. The number of likely N-dealkylation sites (N-methyl/N-ethyl adjacent to an activating group) is 1. The number of aliphatic hydroxyl groups excluding tert-OH is 1. The van der Waals surface area contributed by atoms with Gasteiger partial charge in [0.05, 0.1) is 25.4 Å². The molecule has 8 rings (SSSR count). The summed E-state index contributed by atoms with van der Waals surface area (Å²) in [5.41, 5.74) is -0.0295. The number of morpholine rings is 1. The van der Waals surface area contributed by atoms with Crippen molar-refractivity contribution < 1.29 is 34.0 Å². The fourth-order valence-electron chi connectivity index (χ4n) is 13.2. The molecule has 0 aromatic rings. The number of rotatable bonds is 8. The van der Waals surface area contributed by atoms with Gasteiger partial charge in [-0.2, -0.15) is 0 Å². The van der Waals surface area contributed by atoms with Crippen LogP contribution in [0.2, 0.25) is 0 Å². The molecule has 6 aliphatic carbocycles. The Morgan fingerprint density at radius 1 is 1.10 bits per heavy atom. The number of hydrogen-bond donors (Lipinski definition) is 2. The minimum atomic E-state index is -0.839. The number of fused-ring (bicyclic) bond motifs is 4. The van der Waals surface area contributed by atoms with E-state index in [1.807, 2.05) is 16.8 Å². The van der Waals surface area contributed by atoms with E-state index >= 15 is 0 Å². The maximum absolute atomic E-state index is 12.9. The monoisotopic (exact) mass is 681 g/mol. The Kier molecular flexibility index (Phi) is 8.25. The van der Waals surface area contributed by atoms with Crippen molar-refractivity contribution in [1.82, 2.24) is 9.80 Å². The second-order valence-electron chi connectivity index (χ2n) is 18.9. The summed E-state index contributed by atoms with van der Waals surface area (Å²) in [4.78, 5) is 28.4. The lowest BCUT2D eigenvalue weighted by molar-refractivity contribution is -0.242. The summed E-state index contributed by atoms with van der Waals surface area (Å²) in [5, 5.41) is 22.0. The molecule has 1 unspecified atom stereocenters. The molecular formula is C40H61N2O7. The predicted molar refractivity (Wildman–Crippen MR) is 183 cm³/mol. The molecule has 11 atom stereocenters. The maximum Gasteiger partial charge on any atom is 0.320 e. The fraction of sp³-hybridized carbons (Fsp3) is 0.875. The molecule has 0 aromatic carbocycles. The Morgan fingerprint density at radius 3 is 2.57 bits per heavy atom. The maximum atomic E-state index is 12.9. The summed E-state index contributed by atoms with van der Waals surface area (Å²) < 4.78 is 19.7. The van der Waals surface area contributed by atoms with Gasteiger partial charge in [-0.05, 0) is 124 Å². The van der Waals surface area contributed by atoms with Crippen LogP contribution in [0.15, 0.2) is 0 Å². The Bertz CT molecular complexity index is 1340. The molecule has 3 radical (unpaired) electrons. The van der Waals surface area contributed by atoms with Gasteiger partial charge in [0.25, 0.3) is 0 Å². The highest BCUT2D eigenvalue weighted by molar-refractivity contribution is 5.76. The van der Waals surface area contributed by atoms with Crippen molar-refractivity contribution in [3.63, 3.8) is 0 Å². The van der Waals surface area contributed by atoms with E-state index < -0.39 is 18.1 Å². The Labute approximate surface area is 294 Å². The first kappa shape index (κ1) is 34.8. The number of carboxylic acids is 1. The highest BCUT2D eigenvalue weighted by atomic mass is 16.7. The molecule has 8 fully saturated rings. The second kappa shape index (κ2) is 11.6. The zero-order valence-electron chi connectivity index (χ0n) is 31.1. The van der Waals surface area contributed by atoms with Gasteiger partial charge in [0.15, 0.2) is 6.29 Å². The first-order valence-electron chi connectivity index (χ1n) is 19.5. The molecule has 2 N–H and O–H groups in total. The molecule has 9 nitrogen and oxygen atoms in total. The van der Waals surface area contributed by atoms with Gasteiger partial charge in [-0.3, -0.25) is 14.5 Å². The minimum Gasteiger partial charge on any atom is -0.480 e. The molecule has 8 aliphatic rings. The quantitative estimate of drug-likeness (QED) is 0.328. The first-order valence-corrected chi connectivity index (χ1v) is 19.5. The third-order valence-electron chi connectivity index (χ3n) is 16.3. The fourth-order valence-corrected chi connectivity index (χ4v) is 13.2. The third kappa shape index (κ3) is 4.93. The molecule has 2 saturated heterocycles. The van der Waals surface area contributed by atoms with E-state index in [0.29, 0.717) is 50.4 Å². The number of carboxylic acid groups (broad SMARTS) is 1. The van der Waals surface area contributed by atoms with E-state index in [2.05, 4.69) is 34.6 Å². The molecule has 0 aromatic heterocycles. The smallest absolute Gasteiger partial charge is 0.320 e. The van der Waals surface area contributed by atoms with Crippen molar-refractivity contribution in [3.05, 3.63) is 18.1 Å². The molecule has 1 amide bonds. The van der Waals surface area contributed by atoms with E-state index in [9.17, 15) is 19.8 Å². The molecule has 9 heteroatoms. The van der Waals surface area contributed by atoms with E-state index in [1.54, 1.807) is 12.8 Å². The van der Waals surface area contributed by atoms with Gasteiger partial charge in [0.2, 0.25) is 5.91 Å². The van der Waals surface area contributed by atoms with Gasteiger partial charge in [0.1, 0.15) is 18.2 Å².